The Hall–Kier alpha value is -1.58. The van der Waals surface area contributed by atoms with E-state index in [2.05, 4.69) is 0 Å². The second-order valence-corrected chi connectivity index (χ2v) is 4.07. The minimum atomic E-state index is -0.251. The van der Waals surface area contributed by atoms with Gasteiger partial charge in [0.2, 0.25) is 11.9 Å². The number of carbonyl (C=O) groups is 1. The van der Waals surface area contributed by atoms with Crippen molar-refractivity contribution in [2.75, 3.05) is 13.1 Å². The Morgan fingerprint density at radius 3 is 2.75 bits per heavy atom. The third-order valence-corrected chi connectivity index (χ3v) is 2.81. The van der Waals surface area contributed by atoms with Crippen LogP contribution in [0.2, 0.25) is 0 Å². The van der Waals surface area contributed by atoms with E-state index in [9.17, 15) is 4.79 Å². The molecule has 1 saturated heterocycles. The lowest BCUT2D eigenvalue weighted by Gasteiger charge is -2.23. The van der Waals surface area contributed by atoms with E-state index in [4.69, 9.17) is 4.84 Å². The van der Waals surface area contributed by atoms with Crippen LogP contribution < -0.4 is 9.57 Å². The third-order valence-electron chi connectivity index (χ3n) is 2.81. The Morgan fingerprint density at radius 1 is 1.31 bits per heavy atom. The Labute approximate surface area is 95.4 Å². The van der Waals surface area contributed by atoms with E-state index in [1.807, 2.05) is 25.1 Å². The molecule has 0 aromatic carbocycles. The highest BCUT2D eigenvalue weighted by atomic mass is 16.7. The Bertz CT molecular complexity index is 373. The molecule has 86 valence electrons. The minimum absolute atomic E-state index is 0.251. The summed E-state index contributed by atoms with van der Waals surface area (Å²) in [6.45, 7) is 3.53. The smallest absolute Gasteiger partial charge is 0.303 e. The van der Waals surface area contributed by atoms with Crippen LogP contribution in [0.1, 0.15) is 25.0 Å². The number of carbonyl (C=O) groups excluding carboxylic acids is 1. The van der Waals surface area contributed by atoms with Crippen LogP contribution in [0.5, 0.6) is 0 Å². The fraction of sp³-hybridized carbons (Fsp3) is 0.500. The summed E-state index contributed by atoms with van der Waals surface area (Å²) >= 11 is 0. The normalized spacial score (nSPS) is 15.9. The SMILES string of the molecule is Cc1cccc[n+]1OC(=O)N1CCCCC1. The first-order chi connectivity index (χ1) is 7.77. The molecule has 4 nitrogen and oxygen atoms in total. The third kappa shape index (κ3) is 2.51. The number of aryl methyl sites for hydroxylation is 1. The summed E-state index contributed by atoms with van der Waals surface area (Å²) in [5, 5.41) is 0. The summed E-state index contributed by atoms with van der Waals surface area (Å²) in [6, 6.07) is 5.67. The monoisotopic (exact) mass is 221 g/mol. The molecule has 0 unspecified atom stereocenters. The average Bonchev–Trinajstić information content (AvgIpc) is 2.33. The second kappa shape index (κ2) is 4.96. The molecule has 1 aromatic heterocycles. The summed E-state index contributed by atoms with van der Waals surface area (Å²) in [4.78, 5) is 18.9. The molecule has 0 atom stereocenters. The molecule has 1 aromatic rings. The summed E-state index contributed by atoms with van der Waals surface area (Å²) < 4.78 is 1.51. The van der Waals surface area contributed by atoms with E-state index < -0.39 is 0 Å². The lowest BCUT2D eigenvalue weighted by Crippen LogP contribution is -2.53. The number of pyridine rings is 1. The molecule has 0 bridgehead atoms. The number of aromatic nitrogens is 1. The topological polar surface area (TPSA) is 33.4 Å². The van der Waals surface area contributed by atoms with Gasteiger partial charge >= 0.3 is 6.09 Å². The van der Waals surface area contributed by atoms with Crippen molar-refractivity contribution in [2.24, 2.45) is 0 Å². The minimum Gasteiger partial charge on any atom is -0.303 e. The number of likely N-dealkylation sites (tertiary alicyclic amines) is 1. The summed E-state index contributed by atoms with van der Waals surface area (Å²) in [6.07, 6.45) is 4.86. The van der Waals surface area contributed by atoms with E-state index in [1.54, 1.807) is 11.1 Å². The van der Waals surface area contributed by atoms with Crippen LogP contribution in [0.3, 0.4) is 0 Å². The van der Waals surface area contributed by atoms with Gasteiger partial charge in [-0.25, -0.2) is 4.79 Å². The zero-order valence-corrected chi connectivity index (χ0v) is 9.56. The van der Waals surface area contributed by atoms with Gasteiger partial charge in [-0.05, 0) is 25.3 Å². The molecule has 0 saturated carbocycles. The number of nitrogens with zero attached hydrogens (tertiary/aromatic N) is 2. The van der Waals surface area contributed by atoms with Crippen LogP contribution >= 0.6 is 0 Å². The predicted octanol–water partition coefficient (Wildman–Crippen LogP) is 1.32. The molecule has 2 heterocycles. The molecule has 1 aliphatic rings. The molecule has 4 heteroatoms. The number of hydrogen-bond donors (Lipinski definition) is 0. The van der Waals surface area contributed by atoms with Crippen molar-refractivity contribution in [1.82, 2.24) is 4.90 Å². The van der Waals surface area contributed by atoms with Gasteiger partial charge in [0.25, 0.3) is 0 Å². The van der Waals surface area contributed by atoms with Crippen molar-refractivity contribution in [3.05, 3.63) is 30.1 Å². The highest BCUT2D eigenvalue weighted by molar-refractivity contribution is 5.67. The average molecular weight is 221 g/mol. The fourth-order valence-corrected chi connectivity index (χ4v) is 1.83. The van der Waals surface area contributed by atoms with Gasteiger partial charge in [-0.2, -0.15) is 4.84 Å². The Morgan fingerprint density at radius 2 is 2.06 bits per heavy atom. The van der Waals surface area contributed by atoms with Gasteiger partial charge in [0.1, 0.15) is 0 Å². The molecule has 0 radical (unpaired) electrons. The predicted molar refractivity (Wildman–Crippen MR) is 58.8 cm³/mol. The van der Waals surface area contributed by atoms with Crippen molar-refractivity contribution in [3.63, 3.8) is 0 Å². The molecular formula is C12H17N2O2+. The number of hydrogen-bond acceptors (Lipinski definition) is 2. The van der Waals surface area contributed by atoms with Crippen LogP contribution in [-0.2, 0) is 0 Å². The van der Waals surface area contributed by atoms with Crippen molar-refractivity contribution in [1.29, 1.82) is 0 Å². The van der Waals surface area contributed by atoms with E-state index in [-0.39, 0.29) is 6.09 Å². The van der Waals surface area contributed by atoms with Crippen LogP contribution in [-0.4, -0.2) is 24.1 Å². The van der Waals surface area contributed by atoms with Crippen LogP contribution in [0.25, 0.3) is 0 Å². The number of amides is 1. The zero-order chi connectivity index (χ0) is 11.4. The van der Waals surface area contributed by atoms with Gasteiger partial charge in [-0.1, -0.05) is 0 Å². The van der Waals surface area contributed by atoms with Crippen LogP contribution in [0.4, 0.5) is 4.79 Å². The summed E-state index contributed by atoms with van der Waals surface area (Å²) in [5.41, 5.74) is 0.910. The maximum absolute atomic E-state index is 11.8. The maximum Gasteiger partial charge on any atom is 0.478 e. The molecule has 0 spiro atoms. The van der Waals surface area contributed by atoms with Gasteiger partial charge in [0.05, 0.1) is 0 Å². The number of piperidine rings is 1. The van der Waals surface area contributed by atoms with Crippen molar-refractivity contribution >= 4 is 6.09 Å². The molecule has 0 N–H and O–H groups in total. The van der Waals surface area contributed by atoms with Crippen molar-refractivity contribution in [2.45, 2.75) is 26.2 Å². The molecule has 16 heavy (non-hydrogen) atoms. The van der Waals surface area contributed by atoms with E-state index in [0.717, 1.165) is 31.6 Å². The van der Waals surface area contributed by atoms with Crippen molar-refractivity contribution < 1.29 is 14.4 Å². The first-order valence-electron chi connectivity index (χ1n) is 5.72. The zero-order valence-electron chi connectivity index (χ0n) is 9.56. The van der Waals surface area contributed by atoms with Crippen LogP contribution in [0.15, 0.2) is 24.4 Å². The highest BCUT2D eigenvalue weighted by Gasteiger charge is 2.22. The fourth-order valence-electron chi connectivity index (χ4n) is 1.83. The van der Waals surface area contributed by atoms with Crippen LogP contribution in [0, 0.1) is 6.92 Å². The maximum atomic E-state index is 11.8. The van der Waals surface area contributed by atoms with E-state index in [0.29, 0.717) is 0 Å². The largest absolute Gasteiger partial charge is 0.478 e. The summed E-state index contributed by atoms with van der Waals surface area (Å²) in [5.74, 6) is 0. The number of rotatable bonds is 1. The molecular weight excluding hydrogens is 204 g/mol. The Kier molecular flexibility index (Phi) is 3.39. The van der Waals surface area contributed by atoms with Crippen molar-refractivity contribution in [3.8, 4) is 0 Å². The standard InChI is InChI=1S/C12H17N2O2/c1-11-7-3-6-10-14(11)16-12(15)13-8-4-2-5-9-13/h3,6-7,10H,2,4-5,8-9H2,1H3/q+1. The molecule has 1 fully saturated rings. The first-order valence-corrected chi connectivity index (χ1v) is 5.72. The van der Waals surface area contributed by atoms with Gasteiger partial charge < -0.3 is 4.90 Å². The van der Waals surface area contributed by atoms with Gasteiger partial charge in [0, 0.05) is 36.9 Å². The van der Waals surface area contributed by atoms with Gasteiger partial charge in [-0.15, -0.1) is 0 Å². The molecule has 1 aliphatic heterocycles. The summed E-state index contributed by atoms with van der Waals surface area (Å²) in [7, 11) is 0. The van der Waals surface area contributed by atoms with E-state index in [1.165, 1.54) is 11.2 Å². The second-order valence-electron chi connectivity index (χ2n) is 4.07. The van der Waals surface area contributed by atoms with Gasteiger partial charge in [-0.3, -0.25) is 0 Å². The lowest BCUT2D eigenvalue weighted by molar-refractivity contribution is -0.873. The molecule has 0 aliphatic carbocycles. The van der Waals surface area contributed by atoms with E-state index >= 15 is 0 Å². The quantitative estimate of drug-likeness (QED) is 0.670. The molecule has 1 amide bonds. The molecule has 2 rings (SSSR count). The highest BCUT2D eigenvalue weighted by Crippen LogP contribution is 2.08. The Balaban J connectivity index is 1.99. The van der Waals surface area contributed by atoms with Gasteiger partial charge in [0.15, 0.2) is 0 Å². The lowest BCUT2D eigenvalue weighted by atomic mass is 10.1. The first kappa shape index (κ1) is 10.9.